The van der Waals surface area contributed by atoms with Gasteiger partial charge in [-0.05, 0) is 75.4 Å². The highest BCUT2D eigenvalue weighted by Crippen LogP contribution is 2.32. The van der Waals surface area contributed by atoms with E-state index in [1.165, 1.54) is 37.8 Å². The Morgan fingerprint density at radius 1 is 1.32 bits per heavy atom. The van der Waals surface area contributed by atoms with Gasteiger partial charge in [0.15, 0.2) is 0 Å². The number of rotatable bonds is 4. The lowest BCUT2D eigenvalue weighted by molar-refractivity contribution is 0.0949. The van der Waals surface area contributed by atoms with Crippen molar-refractivity contribution in [2.45, 2.75) is 44.7 Å². The molecule has 1 heterocycles. The van der Waals surface area contributed by atoms with Crippen LogP contribution in [0.25, 0.3) is 0 Å². The van der Waals surface area contributed by atoms with E-state index in [4.69, 9.17) is 5.73 Å². The topological polar surface area (TPSA) is 29.3 Å². The summed E-state index contributed by atoms with van der Waals surface area (Å²) in [6.45, 7) is 4.15. The molecular formula is C15H22Br2N2. The van der Waals surface area contributed by atoms with Crippen molar-refractivity contribution in [3.63, 3.8) is 0 Å². The minimum atomic E-state index is 0.342. The summed E-state index contributed by atoms with van der Waals surface area (Å²) in [7, 11) is 0. The fourth-order valence-corrected chi connectivity index (χ4v) is 3.70. The van der Waals surface area contributed by atoms with Gasteiger partial charge in [-0.2, -0.15) is 0 Å². The molecule has 1 aromatic carbocycles. The van der Waals surface area contributed by atoms with Crippen LogP contribution in [-0.2, 0) is 0 Å². The molecule has 2 unspecified atom stereocenters. The Balaban J connectivity index is 2.24. The zero-order valence-electron chi connectivity index (χ0n) is 11.4. The van der Waals surface area contributed by atoms with Crippen LogP contribution >= 0.6 is 31.9 Å². The molecule has 1 aliphatic rings. The van der Waals surface area contributed by atoms with Crippen molar-refractivity contribution in [1.29, 1.82) is 0 Å². The fraction of sp³-hybridized carbons (Fsp3) is 0.600. The molecule has 0 radical (unpaired) electrons. The first-order chi connectivity index (χ1) is 9.17. The number of halogens is 2. The SMILES string of the molecule is CCC1CCCCN1C(CN)c1ccc(Br)c(Br)c1. The average Bonchev–Trinajstić information content (AvgIpc) is 2.44. The maximum atomic E-state index is 6.07. The van der Waals surface area contributed by atoms with Gasteiger partial charge in [0, 0.05) is 27.6 Å². The van der Waals surface area contributed by atoms with Crippen molar-refractivity contribution < 1.29 is 0 Å². The van der Waals surface area contributed by atoms with Crippen molar-refractivity contribution in [3.05, 3.63) is 32.7 Å². The van der Waals surface area contributed by atoms with Gasteiger partial charge in [0.05, 0.1) is 0 Å². The first-order valence-electron chi connectivity index (χ1n) is 7.08. The molecule has 2 nitrogen and oxygen atoms in total. The van der Waals surface area contributed by atoms with E-state index in [1.807, 2.05) is 0 Å². The van der Waals surface area contributed by atoms with E-state index < -0.39 is 0 Å². The molecule has 1 saturated heterocycles. The second-order valence-corrected chi connectivity index (χ2v) is 6.93. The Kier molecular flexibility index (Phi) is 5.87. The smallest absolute Gasteiger partial charge is 0.0473 e. The van der Waals surface area contributed by atoms with Crippen LogP contribution in [0, 0.1) is 0 Å². The third kappa shape index (κ3) is 3.60. The summed E-state index contributed by atoms with van der Waals surface area (Å²) in [5.41, 5.74) is 7.39. The van der Waals surface area contributed by atoms with Crippen molar-refractivity contribution in [1.82, 2.24) is 4.90 Å². The highest BCUT2D eigenvalue weighted by Gasteiger charge is 2.28. The third-order valence-corrected chi connectivity index (χ3v) is 5.98. The van der Waals surface area contributed by atoms with Gasteiger partial charge < -0.3 is 5.73 Å². The van der Waals surface area contributed by atoms with Gasteiger partial charge >= 0.3 is 0 Å². The predicted molar refractivity (Wildman–Crippen MR) is 88.3 cm³/mol. The Morgan fingerprint density at radius 3 is 2.74 bits per heavy atom. The number of hydrogen-bond acceptors (Lipinski definition) is 2. The molecule has 1 fully saturated rings. The summed E-state index contributed by atoms with van der Waals surface area (Å²) in [6.07, 6.45) is 5.18. The van der Waals surface area contributed by atoms with Crippen LogP contribution < -0.4 is 5.73 Å². The van der Waals surface area contributed by atoms with Crippen LogP contribution in [0.5, 0.6) is 0 Å². The number of benzene rings is 1. The van der Waals surface area contributed by atoms with Crippen LogP contribution in [0.3, 0.4) is 0 Å². The zero-order valence-corrected chi connectivity index (χ0v) is 14.6. The fourth-order valence-electron chi connectivity index (χ4n) is 3.05. The average molecular weight is 390 g/mol. The molecule has 2 N–H and O–H groups in total. The van der Waals surface area contributed by atoms with E-state index in [9.17, 15) is 0 Å². The quantitative estimate of drug-likeness (QED) is 0.822. The van der Waals surface area contributed by atoms with Gasteiger partial charge in [0.25, 0.3) is 0 Å². The molecule has 0 spiro atoms. The van der Waals surface area contributed by atoms with Gasteiger partial charge in [-0.25, -0.2) is 0 Å². The molecule has 1 aliphatic heterocycles. The first kappa shape index (κ1) is 15.5. The van der Waals surface area contributed by atoms with Gasteiger partial charge in [0.2, 0.25) is 0 Å². The Bertz CT molecular complexity index is 423. The largest absolute Gasteiger partial charge is 0.329 e. The molecule has 0 bridgehead atoms. The highest BCUT2D eigenvalue weighted by atomic mass is 79.9. The minimum absolute atomic E-state index is 0.342. The third-order valence-electron chi connectivity index (χ3n) is 4.10. The van der Waals surface area contributed by atoms with Gasteiger partial charge in [-0.1, -0.05) is 19.4 Å². The van der Waals surface area contributed by atoms with Crippen LogP contribution in [0.1, 0.15) is 44.2 Å². The number of piperidine rings is 1. The molecule has 2 atom stereocenters. The zero-order chi connectivity index (χ0) is 13.8. The number of hydrogen-bond donors (Lipinski definition) is 1. The van der Waals surface area contributed by atoms with E-state index in [0.717, 1.165) is 8.95 Å². The summed E-state index contributed by atoms with van der Waals surface area (Å²) in [5, 5.41) is 0. The summed E-state index contributed by atoms with van der Waals surface area (Å²) in [4.78, 5) is 2.61. The van der Waals surface area contributed by atoms with Gasteiger partial charge in [-0.15, -0.1) is 0 Å². The second kappa shape index (κ2) is 7.21. The van der Waals surface area contributed by atoms with Crippen LogP contribution in [0.2, 0.25) is 0 Å². The van der Waals surface area contributed by atoms with Crippen LogP contribution in [0.15, 0.2) is 27.1 Å². The summed E-state index contributed by atoms with van der Waals surface area (Å²) in [5.74, 6) is 0. The molecule has 19 heavy (non-hydrogen) atoms. The van der Waals surface area contributed by atoms with Crippen molar-refractivity contribution in [2.75, 3.05) is 13.1 Å². The molecule has 4 heteroatoms. The van der Waals surface area contributed by atoms with Crippen molar-refractivity contribution in [2.24, 2.45) is 5.73 Å². The van der Waals surface area contributed by atoms with Crippen LogP contribution in [-0.4, -0.2) is 24.0 Å². The maximum Gasteiger partial charge on any atom is 0.0473 e. The Labute approximate surface area is 133 Å². The number of nitrogens with zero attached hydrogens (tertiary/aromatic N) is 1. The molecule has 0 saturated carbocycles. The first-order valence-corrected chi connectivity index (χ1v) is 8.66. The predicted octanol–water partition coefficient (Wildman–Crippen LogP) is 4.48. The molecule has 1 aromatic rings. The van der Waals surface area contributed by atoms with E-state index in [-0.39, 0.29) is 0 Å². The molecule has 0 aliphatic carbocycles. The lowest BCUT2D eigenvalue weighted by Crippen LogP contribution is -2.44. The van der Waals surface area contributed by atoms with Gasteiger partial charge in [-0.3, -0.25) is 4.90 Å². The molecule has 106 valence electrons. The maximum absolute atomic E-state index is 6.07. The standard InChI is InChI=1S/C15H22Br2N2/c1-2-12-5-3-4-8-19(12)15(10-18)11-6-7-13(16)14(17)9-11/h6-7,9,12,15H,2-5,8,10,18H2,1H3. The molecular weight excluding hydrogens is 368 g/mol. The minimum Gasteiger partial charge on any atom is -0.329 e. The summed E-state index contributed by atoms with van der Waals surface area (Å²) in [6, 6.07) is 7.52. The van der Waals surface area contributed by atoms with E-state index >= 15 is 0 Å². The van der Waals surface area contributed by atoms with Gasteiger partial charge in [0.1, 0.15) is 0 Å². The highest BCUT2D eigenvalue weighted by molar-refractivity contribution is 9.13. The monoisotopic (exact) mass is 388 g/mol. The van der Waals surface area contributed by atoms with Crippen molar-refractivity contribution in [3.8, 4) is 0 Å². The Morgan fingerprint density at radius 2 is 2.11 bits per heavy atom. The lowest BCUT2D eigenvalue weighted by atomic mass is 9.95. The van der Waals surface area contributed by atoms with E-state index in [2.05, 4.69) is 61.9 Å². The lowest BCUT2D eigenvalue weighted by Gasteiger charge is -2.41. The molecule has 2 rings (SSSR count). The molecule has 0 amide bonds. The number of nitrogens with two attached hydrogens (primary N) is 1. The number of likely N-dealkylation sites (tertiary alicyclic amines) is 1. The second-order valence-electron chi connectivity index (χ2n) is 5.22. The molecule has 0 aromatic heterocycles. The summed E-state index contributed by atoms with van der Waals surface area (Å²) < 4.78 is 2.20. The normalized spacial score (nSPS) is 22.4. The van der Waals surface area contributed by atoms with E-state index in [0.29, 0.717) is 18.6 Å². The van der Waals surface area contributed by atoms with E-state index in [1.54, 1.807) is 0 Å². The van der Waals surface area contributed by atoms with Crippen LogP contribution in [0.4, 0.5) is 0 Å². The van der Waals surface area contributed by atoms with Crippen molar-refractivity contribution >= 4 is 31.9 Å². The summed E-state index contributed by atoms with van der Waals surface area (Å²) >= 11 is 7.12. The Hall–Kier alpha value is 0.1000.